The van der Waals surface area contributed by atoms with E-state index in [0.29, 0.717) is 10.8 Å². The van der Waals surface area contributed by atoms with Crippen molar-refractivity contribution in [2.45, 2.75) is 0 Å². The normalized spacial score (nSPS) is 10.3. The Kier molecular flexibility index (Phi) is 4.35. The van der Waals surface area contributed by atoms with E-state index >= 15 is 0 Å². The fourth-order valence-corrected chi connectivity index (χ4v) is 2.74. The Bertz CT molecular complexity index is 841. The first kappa shape index (κ1) is 15.2. The number of thiazole rings is 1. The largest absolute Gasteiger partial charge is 0.465 e. The van der Waals surface area contributed by atoms with E-state index in [2.05, 4.69) is 20.3 Å². The summed E-state index contributed by atoms with van der Waals surface area (Å²) in [5.74, 6) is 0.243. The summed E-state index contributed by atoms with van der Waals surface area (Å²) in [4.78, 5) is 22.8. The summed E-state index contributed by atoms with van der Waals surface area (Å²) < 4.78 is 5.69. The maximum Gasteiger partial charge on any atom is 0.410 e. The molecule has 0 bridgehead atoms. The van der Waals surface area contributed by atoms with Crippen molar-refractivity contribution in [3.63, 3.8) is 0 Å². The van der Waals surface area contributed by atoms with Gasteiger partial charge in [-0.3, -0.25) is 5.32 Å². The monoisotopic (exact) mass is 348 g/mol. The lowest BCUT2D eigenvalue weighted by Crippen LogP contribution is -2.06. The highest BCUT2D eigenvalue weighted by Crippen LogP contribution is 2.40. The predicted octanol–water partition coefficient (Wildman–Crippen LogP) is 4.14. The van der Waals surface area contributed by atoms with Gasteiger partial charge in [0.05, 0.1) is 0 Å². The molecule has 1 amide bonds. The Balaban J connectivity index is 2.00. The van der Waals surface area contributed by atoms with E-state index < -0.39 is 6.09 Å². The zero-order chi connectivity index (χ0) is 16.2. The van der Waals surface area contributed by atoms with E-state index in [0.717, 1.165) is 16.9 Å². The molecular formula is C14H9ClN4O3S. The van der Waals surface area contributed by atoms with Crippen LogP contribution in [0.1, 0.15) is 0 Å². The lowest BCUT2D eigenvalue weighted by atomic mass is 10.2. The minimum atomic E-state index is -1.20. The van der Waals surface area contributed by atoms with E-state index in [1.807, 2.05) is 30.3 Å². The Morgan fingerprint density at radius 3 is 2.74 bits per heavy atom. The number of carbonyl (C=O) groups is 1. The fraction of sp³-hybridized carbons (Fsp3) is 0. The van der Waals surface area contributed by atoms with Crippen LogP contribution in [0.3, 0.4) is 0 Å². The molecule has 7 nitrogen and oxygen atoms in total. The molecule has 0 aliphatic heterocycles. The van der Waals surface area contributed by atoms with E-state index in [1.54, 1.807) is 0 Å². The van der Waals surface area contributed by atoms with Crippen LogP contribution in [0.5, 0.6) is 10.9 Å². The van der Waals surface area contributed by atoms with Gasteiger partial charge in [-0.1, -0.05) is 53.3 Å². The second kappa shape index (κ2) is 6.59. The average molecular weight is 349 g/mol. The molecule has 2 N–H and O–H groups in total. The number of amides is 1. The van der Waals surface area contributed by atoms with Crippen molar-refractivity contribution in [2.75, 3.05) is 5.32 Å². The molecule has 0 unspecified atom stereocenters. The summed E-state index contributed by atoms with van der Waals surface area (Å²) in [7, 11) is 0. The van der Waals surface area contributed by atoms with Gasteiger partial charge < -0.3 is 9.84 Å². The van der Waals surface area contributed by atoms with Gasteiger partial charge in [0.2, 0.25) is 10.9 Å². The van der Waals surface area contributed by atoms with Crippen LogP contribution in [0.15, 0.2) is 42.7 Å². The number of nitrogens with one attached hydrogen (secondary N) is 1. The number of hydrogen-bond acceptors (Lipinski definition) is 6. The molecule has 116 valence electrons. The van der Waals surface area contributed by atoms with Crippen LogP contribution in [-0.4, -0.2) is 26.2 Å². The van der Waals surface area contributed by atoms with Gasteiger partial charge in [0.1, 0.15) is 17.2 Å². The molecule has 0 aliphatic rings. The fourth-order valence-electron chi connectivity index (χ4n) is 1.77. The number of aromatic nitrogens is 3. The summed E-state index contributed by atoms with van der Waals surface area (Å²) in [6.45, 7) is 0. The van der Waals surface area contributed by atoms with Crippen molar-refractivity contribution in [1.82, 2.24) is 15.0 Å². The average Bonchev–Trinajstić information content (AvgIpc) is 2.90. The molecule has 0 spiro atoms. The van der Waals surface area contributed by atoms with Crippen molar-refractivity contribution >= 4 is 34.2 Å². The van der Waals surface area contributed by atoms with Gasteiger partial charge in [-0.05, 0) is 0 Å². The van der Waals surface area contributed by atoms with Gasteiger partial charge in [-0.25, -0.2) is 19.7 Å². The van der Waals surface area contributed by atoms with Crippen molar-refractivity contribution in [1.29, 1.82) is 0 Å². The van der Waals surface area contributed by atoms with E-state index in [4.69, 9.17) is 21.4 Å². The summed E-state index contributed by atoms with van der Waals surface area (Å²) in [6, 6.07) is 10.7. The molecule has 0 atom stereocenters. The minimum absolute atomic E-state index is 0.200. The first-order chi connectivity index (χ1) is 11.1. The molecule has 9 heteroatoms. The van der Waals surface area contributed by atoms with Crippen LogP contribution in [0.2, 0.25) is 5.15 Å². The van der Waals surface area contributed by atoms with Gasteiger partial charge in [0, 0.05) is 11.6 Å². The molecule has 0 saturated carbocycles. The third-order valence-electron chi connectivity index (χ3n) is 2.66. The Hall–Kier alpha value is -2.71. The lowest BCUT2D eigenvalue weighted by molar-refractivity contribution is 0.209. The van der Waals surface area contributed by atoms with Crippen LogP contribution >= 0.6 is 22.9 Å². The lowest BCUT2D eigenvalue weighted by Gasteiger charge is -2.04. The maximum atomic E-state index is 10.8. The van der Waals surface area contributed by atoms with Crippen LogP contribution < -0.4 is 10.1 Å². The van der Waals surface area contributed by atoms with E-state index in [9.17, 15) is 4.79 Å². The predicted molar refractivity (Wildman–Crippen MR) is 86.3 cm³/mol. The Labute approximate surface area is 139 Å². The summed E-state index contributed by atoms with van der Waals surface area (Å²) in [6.07, 6.45) is 0.0760. The molecular weight excluding hydrogens is 340 g/mol. The number of rotatable bonds is 4. The number of carboxylic acid groups (broad SMARTS) is 1. The van der Waals surface area contributed by atoms with Gasteiger partial charge >= 0.3 is 6.09 Å². The molecule has 2 aromatic heterocycles. The molecule has 2 heterocycles. The van der Waals surface area contributed by atoms with Gasteiger partial charge in [-0.15, -0.1) is 0 Å². The Morgan fingerprint density at radius 1 is 1.26 bits per heavy atom. The molecule has 23 heavy (non-hydrogen) atoms. The van der Waals surface area contributed by atoms with Crippen LogP contribution in [0.25, 0.3) is 11.3 Å². The van der Waals surface area contributed by atoms with Crippen molar-refractivity contribution < 1.29 is 14.6 Å². The minimum Gasteiger partial charge on any atom is -0.465 e. The first-order valence-electron chi connectivity index (χ1n) is 6.33. The summed E-state index contributed by atoms with van der Waals surface area (Å²) in [5.41, 5.74) is 1.30. The molecule has 0 fully saturated rings. The highest BCUT2D eigenvalue weighted by Gasteiger charge is 2.17. The summed E-state index contributed by atoms with van der Waals surface area (Å²) in [5, 5.41) is 11.9. The number of hydrogen-bond donors (Lipinski definition) is 2. The van der Waals surface area contributed by atoms with Crippen molar-refractivity contribution in [2.24, 2.45) is 0 Å². The number of halogens is 1. The molecule has 0 aliphatic carbocycles. The van der Waals surface area contributed by atoms with Crippen molar-refractivity contribution in [3.05, 3.63) is 47.9 Å². The van der Waals surface area contributed by atoms with Gasteiger partial charge in [-0.2, -0.15) is 0 Å². The summed E-state index contributed by atoms with van der Waals surface area (Å²) >= 11 is 6.86. The molecule has 0 saturated heterocycles. The molecule has 0 radical (unpaired) electrons. The zero-order valence-corrected chi connectivity index (χ0v) is 13.0. The highest BCUT2D eigenvalue weighted by molar-refractivity contribution is 7.18. The molecule has 3 rings (SSSR count). The topological polar surface area (TPSA) is 97.2 Å². The highest BCUT2D eigenvalue weighted by atomic mass is 35.5. The van der Waals surface area contributed by atoms with Crippen LogP contribution in [0.4, 0.5) is 9.93 Å². The van der Waals surface area contributed by atoms with Crippen molar-refractivity contribution in [3.8, 4) is 22.2 Å². The van der Waals surface area contributed by atoms with Crippen LogP contribution in [0, 0.1) is 0 Å². The van der Waals surface area contributed by atoms with E-state index in [-0.39, 0.29) is 16.2 Å². The molecule has 1 aromatic carbocycles. The SMILES string of the molecule is O=C(O)Nc1nc(-c2ccccc2)c(Oc2cc(Cl)ncn2)s1. The Morgan fingerprint density at radius 2 is 2.04 bits per heavy atom. The smallest absolute Gasteiger partial charge is 0.410 e. The number of nitrogens with zero attached hydrogens (tertiary/aromatic N) is 3. The number of ether oxygens (including phenoxy) is 1. The third-order valence-corrected chi connectivity index (χ3v) is 3.72. The second-order valence-corrected chi connectivity index (χ2v) is 5.58. The first-order valence-corrected chi connectivity index (χ1v) is 7.53. The van der Waals surface area contributed by atoms with Gasteiger partial charge in [0.15, 0.2) is 5.13 Å². The number of anilines is 1. The second-order valence-electron chi connectivity index (χ2n) is 4.23. The maximum absolute atomic E-state index is 10.8. The standard InChI is InChI=1S/C14H9ClN4O3S/c15-9-6-10(17-7-16-9)22-12-11(8-4-2-1-3-5-8)18-13(23-12)19-14(20)21/h1-7H,(H,18,19)(H,20,21). The van der Waals surface area contributed by atoms with Crippen LogP contribution in [-0.2, 0) is 0 Å². The molecule has 3 aromatic rings. The third kappa shape index (κ3) is 3.74. The van der Waals surface area contributed by atoms with Gasteiger partial charge in [0.25, 0.3) is 0 Å². The zero-order valence-electron chi connectivity index (χ0n) is 11.4. The van der Waals surface area contributed by atoms with E-state index in [1.165, 1.54) is 12.4 Å². The quantitative estimate of drug-likeness (QED) is 0.688. The number of benzene rings is 1.